The van der Waals surface area contributed by atoms with Crippen LogP contribution in [0.15, 0.2) is 0 Å². The van der Waals surface area contributed by atoms with Gasteiger partial charge in [-0.2, -0.15) is 0 Å². The third-order valence-corrected chi connectivity index (χ3v) is 3.46. The molecule has 1 saturated heterocycles. The molecule has 2 fully saturated rings. The molecular formula is C11H18N2O3. The summed E-state index contributed by atoms with van der Waals surface area (Å²) in [5, 5.41) is 11.5. The fourth-order valence-electron chi connectivity index (χ4n) is 2.24. The van der Waals surface area contributed by atoms with Crippen LogP contribution in [0.3, 0.4) is 0 Å². The number of likely N-dealkylation sites (tertiary alicyclic amines) is 1. The molecule has 2 amide bonds. The third-order valence-electron chi connectivity index (χ3n) is 3.46. The van der Waals surface area contributed by atoms with Gasteiger partial charge >= 0.3 is 12.0 Å². The van der Waals surface area contributed by atoms with Crippen LogP contribution in [-0.4, -0.2) is 41.1 Å². The van der Waals surface area contributed by atoms with Crippen LogP contribution in [0, 0.1) is 11.8 Å². The van der Waals surface area contributed by atoms with Crippen molar-refractivity contribution in [1.29, 1.82) is 0 Å². The molecule has 0 aromatic carbocycles. The van der Waals surface area contributed by atoms with E-state index < -0.39 is 5.97 Å². The van der Waals surface area contributed by atoms with Crippen LogP contribution in [0.5, 0.6) is 0 Å². The summed E-state index contributed by atoms with van der Waals surface area (Å²) in [4.78, 5) is 23.8. The van der Waals surface area contributed by atoms with Crippen molar-refractivity contribution in [3.8, 4) is 0 Å². The predicted molar refractivity (Wildman–Crippen MR) is 58.0 cm³/mol. The highest BCUT2D eigenvalue weighted by Crippen LogP contribution is 2.33. The molecule has 90 valence electrons. The van der Waals surface area contributed by atoms with Crippen LogP contribution in [0.1, 0.15) is 26.2 Å². The van der Waals surface area contributed by atoms with Gasteiger partial charge in [-0.15, -0.1) is 0 Å². The molecule has 5 nitrogen and oxygen atoms in total. The van der Waals surface area contributed by atoms with Gasteiger partial charge in [-0.25, -0.2) is 4.79 Å². The van der Waals surface area contributed by atoms with Crippen LogP contribution in [0.25, 0.3) is 0 Å². The van der Waals surface area contributed by atoms with E-state index in [4.69, 9.17) is 5.11 Å². The van der Waals surface area contributed by atoms with E-state index in [1.165, 1.54) is 0 Å². The Balaban J connectivity index is 1.64. The van der Waals surface area contributed by atoms with Gasteiger partial charge in [0, 0.05) is 25.0 Å². The number of carbonyl (C=O) groups excluding carboxylic acids is 1. The number of rotatable bonds is 4. The first-order valence-corrected chi connectivity index (χ1v) is 5.87. The Morgan fingerprint density at radius 1 is 1.44 bits per heavy atom. The summed E-state index contributed by atoms with van der Waals surface area (Å²) in [5.41, 5.74) is 0. The number of urea groups is 1. The van der Waals surface area contributed by atoms with Crippen molar-refractivity contribution >= 4 is 12.0 Å². The number of carbonyl (C=O) groups is 2. The van der Waals surface area contributed by atoms with Gasteiger partial charge in [0.15, 0.2) is 0 Å². The molecule has 0 spiro atoms. The van der Waals surface area contributed by atoms with Crippen LogP contribution >= 0.6 is 0 Å². The molecule has 0 aromatic rings. The van der Waals surface area contributed by atoms with E-state index in [-0.39, 0.29) is 18.4 Å². The highest BCUT2D eigenvalue weighted by molar-refractivity contribution is 5.76. The molecule has 1 aliphatic carbocycles. The van der Waals surface area contributed by atoms with Crippen molar-refractivity contribution in [2.45, 2.75) is 32.2 Å². The number of nitrogens with one attached hydrogen (secondary N) is 1. The van der Waals surface area contributed by atoms with E-state index >= 15 is 0 Å². The lowest BCUT2D eigenvalue weighted by Gasteiger charge is -2.38. The molecule has 1 aliphatic heterocycles. The number of hydrogen-bond donors (Lipinski definition) is 2. The van der Waals surface area contributed by atoms with Gasteiger partial charge < -0.3 is 15.3 Å². The lowest BCUT2D eigenvalue weighted by molar-refractivity contribution is -0.139. The minimum absolute atomic E-state index is 0.0254. The van der Waals surface area contributed by atoms with Crippen molar-refractivity contribution in [2.24, 2.45) is 11.8 Å². The van der Waals surface area contributed by atoms with E-state index in [1.807, 2.05) is 0 Å². The largest absolute Gasteiger partial charge is 0.481 e. The normalized spacial score (nSPS) is 28.4. The van der Waals surface area contributed by atoms with Gasteiger partial charge in [-0.05, 0) is 12.3 Å². The lowest BCUT2D eigenvalue weighted by atomic mass is 9.97. The minimum Gasteiger partial charge on any atom is -0.481 e. The van der Waals surface area contributed by atoms with Crippen molar-refractivity contribution in [3.63, 3.8) is 0 Å². The fourth-order valence-corrected chi connectivity index (χ4v) is 2.24. The van der Waals surface area contributed by atoms with Gasteiger partial charge in [-0.3, -0.25) is 4.79 Å². The number of carboxylic acid groups (broad SMARTS) is 1. The standard InChI is InChI=1S/C11H18N2O3/c1-2-8-4-9(8)12-11(16)13-5-7(6-13)3-10(14)15/h7-9H,2-6H2,1H3,(H,12,16)(H,14,15). The van der Waals surface area contributed by atoms with Gasteiger partial charge in [0.05, 0.1) is 6.42 Å². The zero-order valence-corrected chi connectivity index (χ0v) is 9.48. The molecule has 5 heteroatoms. The zero-order valence-electron chi connectivity index (χ0n) is 9.48. The van der Waals surface area contributed by atoms with E-state index in [9.17, 15) is 9.59 Å². The quantitative estimate of drug-likeness (QED) is 0.748. The summed E-state index contributed by atoms with van der Waals surface area (Å²) < 4.78 is 0. The summed E-state index contributed by atoms with van der Waals surface area (Å²) in [5.74, 6) is 0.0165. The van der Waals surface area contributed by atoms with Crippen molar-refractivity contribution in [2.75, 3.05) is 13.1 Å². The minimum atomic E-state index is -0.779. The smallest absolute Gasteiger partial charge is 0.317 e. The summed E-state index contributed by atoms with van der Waals surface area (Å²) >= 11 is 0. The second-order valence-corrected chi connectivity index (χ2v) is 4.83. The zero-order chi connectivity index (χ0) is 11.7. The molecular weight excluding hydrogens is 208 g/mol. The Morgan fingerprint density at radius 3 is 2.62 bits per heavy atom. The van der Waals surface area contributed by atoms with Crippen molar-refractivity contribution < 1.29 is 14.7 Å². The number of aliphatic carboxylic acids is 1. The maximum absolute atomic E-state index is 11.6. The molecule has 1 heterocycles. The first-order chi connectivity index (χ1) is 7.60. The second-order valence-electron chi connectivity index (χ2n) is 4.83. The molecule has 0 radical (unpaired) electrons. The molecule has 2 atom stereocenters. The lowest BCUT2D eigenvalue weighted by Crippen LogP contribution is -2.54. The predicted octanol–water partition coefficient (Wildman–Crippen LogP) is 0.901. The highest BCUT2D eigenvalue weighted by atomic mass is 16.4. The van der Waals surface area contributed by atoms with Crippen LogP contribution in [0.2, 0.25) is 0 Å². The molecule has 0 bridgehead atoms. The number of carboxylic acids is 1. The van der Waals surface area contributed by atoms with Crippen LogP contribution < -0.4 is 5.32 Å². The molecule has 1 saturated carbocycles. The molecule has 2 aliphatic rings. The molecule has 16 heavy (non-hydrogen) atoms. The topological polar surface area (TPSA) is 69.6 Å². The molecule has 2 N–H and O–H groups in total. The first-order valence-electron chi connectivity index (χ1n) is 5.87. The molecule has 2 unspecified atom stereocenters. The average molecular weight is 226 g/mol. The summed E-state index contributed by atoms with van der Waals surface area (Å²) in [7, 11) is 0. The second kappa shape index (κ2) is 4.31. The van der Waals surface area contributed by atoms with E-state index in [0.717, 1.165) is 12.8 Å². The molecule has 0 aromatic heterocycles. The Labute approximate surface area is 94.8 Å². The molecule has 2 rings (SSSR count). The maximum atomic E-state index is 11.6. The third kappa shape index (κ3) is 2.46. The SMILES string of the molecule is CCC1CC1NC(=O)N1CC(CC(=O)O)C1. The first kappa shape index (κ1) is 11.2. The Bertz CT molecular complexity index is 300. The number of hydrogen-bond acceptors (Lipinski definition) is 2. The van der Waals surface area contributed by atoms with Crippen LogP contribution in [0.4, 0.5) is 4.79 Å². The highest BCUT2D eigenvalue weighted by Gasteiger charge is 2.39. The summed E-state index contributed by atoms with van der Waals surface area (Å²) in [6.45, 7) is 3.30. The van der Waals surface area contributed by atoms with Gasteiger partial charge in [0.1, 0.15) is 0 Å². The monoisotopic (exact) mass is 226 g/mol. The summed E-state index contributed by atoms with van der Waals surface area (Å²) in [6, 6.07) is 0.332. The Hall–Kier alpha value is -1.26. The van der Waals surface area contributed by atoms with Crippen molar-refractivity contribution in [3.05, 3.63) is 0 Å². The average Bonchev–Trinajstić information content (AvgIpc) is 2.88. The fraction of sp³-hybridized carbons (Fsp3) is 0.818. The van der Waals surface area contributed by atoms with Gasteiger partial charge in [-0.1, -0.05) is 13.3 Å². The van der Waals surface area contributed by atoms with E-state index in [2.05, 4.69) is 12.2 Å². The Kier molecular flexibility index (Phi) is 3.03. The Morgan fingerprint density at radius 2 is 2.12 bits per heavy atom. The van der Waals surface area contributed by atoms with Gasteiger partial charge in [0.25, 0.3) is 0 Å². The van der Waals surface area contributed by atoms with E-state index in [0.29, 0.717) is 25.0 Å². The number of amides is 2. The van der Waals surface area contributed by atoms with Gasteiger partial charge in [0.2, 0.25) is 0 Å². The van der Waals surface area contributed by atoms with E-state index in [1.54, 1.807) is 4.90 Å². The maximum Gasteiger partial charge on any atom is 0.317 e. The van der Waals surface area contributed by atoms with Crippen LogP contribution in [-0.2, 0) is 4.79 Å². The number of nitrogens with zero attached hydrogens (tertiary/aromatic N) is 1. The van der Waals surface area contributed by atoms with Crippen molar-refractivity contribution in [1.82, 2.24) is 10.2 Å². The summed E-state index contributed by atoms with van der Waals surface area (Å²) in [6.07, 6.45) is 2.38.